The Kier molecular flexibility index (Phi) is 5.44. The molecular formula is C23H20FN7O. The Bertz CT molecular complexity index is 1320. The first-order valence-electron chi connectivity index (χ1n) is 10.4. The first-order chi connectivity index (χ1) is 15.6. The molecule has 4 aromatic rings. The van der Waals surface area contributed by atoms with Crippen LogP contribution in [0, 0.1) is 17.8 Å². The van der Waals surface area contributed by atoms with E-state index < -0.39 is 5.95 Å². The van der Waals surface area contributed by atoms with Crippen LogP contribution in [0.3, 0.4) is 0 Å². The van der Waals surface area contributed by atoms with Crippen molar-refractivity contribution in [3.8, 4) is 23.4 Å². The van der Waals surface area contributed by atoms with Gasteiger partial charge in [0.05, 0.1) is 17.0 Å². The molecule has 0 atom stereocenters. The molecule has 0 amide bonds. The zero-order chi connectivity index (χ0) is 21.9. The Labute approximate surface area is 183 Å². The van der Waals surface area contributed by atoms with Gasteiger partial charge in [-0.25, -0.2) is 19.9 Å². The number of aliphatic hydroxyl groups excluding tert-OH is 1. The van der Waals surface area contributed by atoms with E-state index in [0.717, 1.165) is 25.7 Å². The lowest BCUT2D eigenvalue weighted by molar-refractivity contribution is 0.126. The van der Waals surface area contributed by atoms with E-state index in [9.17, 15) is 9.50 Å². The van der Waals surface area contributed by atoms with Gasteiger partial charge in [-0.3, -0.25) is 5.10 Å². The van der Waals surface area contributed by atoms with Crippen molar-refractivity contribution in [1.82, 2.24) is 30.1 Å². The Morgan fingerprint density at radius 1 is 1.00 bits per heavy atom. The molecule has 160 valence electrons. The molecule has 0 aliphatic heterocycles. The standard InChI is InChI=1S/C23H20FN7O/c24-21-18-13-14(2-8-19(18)30-31-21)1-3-16-9-11-25-22(27-16)20-10-12-26-23(29-20)28-15-4-6-17(32)7-5-15/h2,8-13,15,17,32H,4-7H2,(H,30,31)(H,26,28,29)/t15-,17+. The largest absolute Gasteiger partial charge is 0.393 e. The number of halogens is 1. The monoisotopic (exact) mass is 429 g/mol. The lowest BCUT2D eigenvalue weighted by atomic mass is 9.93. The molecule has 1 aromatic carbocycles. The summed E-state index contributed by atoms with van der Waals surface area (Å²) in [6.07, 6.45) is 6.40. The van der Waals surface area contributed by atoms with Crippen LogP contribution in [0.15, 0.2) is 42.7 Å². The molecule has 0 bridgehead atoms. The molecule has 1 saturated carbocycles. The summed E-state index contributed by atoms with van der Waals surface area (Å²) in [4.78, 5) is 17.7. The van der Waals surface area contributed by atoms with Gasteiger partial charge in [-0.2, -0.15) is 4.39 Å². The number of benzene rings is 1. The van der Waals surface area contributed by atoms with Gasteiger partial charge in [0, 0.05) is 24.0 Å². The molecule has 0 saturated heterocycles. The molecule has 3 heterocycles. The summed E-state index contributed by atoms with van der Waals surface area (Å²) in [5, 5.41) is 19.6. The van der Waals surface area contributed by atoms with Gasteiger partial charge in [-0.05, 0) is 61.9 Å². The normalized spacial score (nSPS) is 18.2. The Hall–Kier alpha value is -3.90. The van der Waals surface area contributed by atoms with E-state index in [1.807, 2.05) is 0 Å². The number of rotatable bonds is 3. The molecule has 8 nitrogen and oxygen atoms in total. The van der Waals surface area contributed by atoms with Gasteiger partial charge in [0.1, 0.15) is 11.4 Å². The highest BCUT2D eigenvalue weighted by atomic mass is 19.1. The minimum absolute atomic E-state index is 0.210. The van der Waals surface area contributed by atoms with Crippen LogP contribution >= 0.6 is 0 Å². The van der Waals surface area contributed by atoms with Crippen molar-refractivity contribution in [3.05, 3.63) is 59.9 Å². The number of hydrogen-bond donors (Lipinski definition) is 3. The fourth-order valence-electron chi connectivity index (χ4n) is 3.70. The lowest BCUT2D eigenvalue weighted by Gasteiger charge is -2.26. The molecular weight excluding hydrogens is 409 g/mol. The summed E-state index contributed by atoms with van der Waals surface area (Å²) in [5.74, 6) is 6.40. The second kappa shape index (κ2) is 8.69. The van der Waals surface area contributed by atoms with Gasteiger partial charge >= 0.3 is 0 Å². The van der Waals surface area contributed by atoms with Crippen molar-refractivity contribution in [1.29, 1.82) is 0 Å². The quantitative estimate of drug-likeness (QED) is 0.429. The van der Waals surface area contributed by atoms with Crippen LogP contribution in [-0.4, -0.2) is 47.4 Å². The van der Waals surface area contributed by atoms with Gasteiger partial charge in [0.2, 0.25) is 11.9 Å². The Morgan fingerprint density at radius 3 is 2.72 bits per heavy atom. The molecule has 0 radical (unpaired) electrons. The van der Waals surface area contributed by atoms with Crippen molar-refractivity contribution in [2.45, 2.75) is 37.8 Å². The molecule has 1 aliphatic carbocycles. The number of anilines is 1. The number of fused-ring (bicyclic) bond motifs is 1. The number of hydrogen-bond acceptors (Lipinski definition) is 7. The summed E-state index contributed by atoms with van der Waals surface area (Å²) in [7, 11) is 0. The smallest absolute Gasteiger partial charge is 0.240 e. The molecule has 32 heavy (non-hydrogen) atoms. The van der Waals surface area contributed by atoms with E-state index in [2.05, 4.69) is 47.3 Å². The Morgan fingerprint density at radius 2 is 1.84 bits per heavy atom. The molecule has 1 aliphatic rings. The van der Waals surface area contributed by atoms with Crippen LogP contribution in [-0.2, 0) is 0 Å². The second-order valence-electron chi connectivity index (χ2n) is 7.71. The third kappa shape index (κ3) is 4.40. The van der Waals surface area contributed by atoms with Crippen LogP contribution in [0.2, 0.25) is 0 Å². The number of nitrogens with one attached hydrogen (secondary N) is 2. The number of aliphatic hydroxyl groups is 1. The van der Waals surface area contributed by atoms with Crippen molar-refractivity contribution in [3.63, 3.8) is 0 Å². The van der Waals surface area contributed by atoms with E-state index in [1.165, 1.54) is 0 Å². The van der Waals surface area contributed by atoms with E-state index >= 15 is 0 Å². The van der Waals surface area contributed by atoms with Gasteiger partial charge in [-0.1, -0.05) is 5.92 Å². The van der Waals surface area contributed by atoms with Gasteiger partial charge in [0.25, 0.3) is 0 Å². The summed E-state index contributed by atoms with van der Waals surface area (Å²) in [5.41, 5.74) is 2.39. The number of nitrogens with zero attached hydrogens (tertiary/aromatic N) is 5. The van der Waals surface area contributed by atoms with Crippen molar-refractivity contribution < 1.29 is 9.50 Å². The Balaban J connectivity index is 1.35. The molecule has 0 spiro atoms. The summed E-state index contributed by atoms with van der Waals surface area (Å²) < 4.78 is 13.7. The van der Waals surface area contributed by atoms with Gasteiger partial charge in [0.15, 0.2) is 5.82 Å². The average Bonchev–Trinajstić information content (AvgIpc) is 3.20. The van der Waals surface area contributed by atoms with Gasteiger partial charge in [-0.15, -0.1) is 5.10 Å². The second-order valence-corrected chi connectivity index (χ2v) is 7.71. The minimum atomic E-state index is -0.550. The molecule has 3 N–H and O–H groups in total. The minimum Gasteiger partial charge on any atom is -0.393 e. The first-order valence-corrected chi connectivity index (χ1v) is 10.4. The van der Waals surface area contributed by atoms with Crippen molar-refractivity contribution >= 4 is 16.9 Å². The maximum atomic E-state index is 13.7. The number of aromatic amines is 1. The zero-order valence-electron chi connectivity index (χ0n) is 17.1. The van der Waals surface area contributed by atoms with Crippen molar-refractivity contribution in [2.75, 3.05) is 5.32 Å². The molecule has 9 heteroatoms. The molecule has 0 unspecified atom stereocenters. The zero-order valence-corrected chi connectivity index (χ0v) is 17.1. The van der Waals surface area contributed by atoms with E-state index in [4.69, 9.17) is 0 Å². The summed E-state index contributed by atoms with van der Waals surface area (Å²) in [6, 6.07) is 8.88. The van der Waals surface area contributed by atoms with E-state index in [1.54, 1.807) is 42.7 Å². The predicted molar refractivity (Wildman–Crippen MR) is 117 cm³/mol. The molecule has 3 aromatic heterocycles. The lowest BCUT2D eigenvalue weighted by Crippen LogP contribution is -2.28. The molecule has 5 rings (SSSR count). The SMILES string of the molecule is O[C@H]1CC[C@@H](Nc2nccc(-c3nccc(C#Cc4ccc5[nH]nc(F)c5c4)n3)n2)CC1. The van der Waals surface area contributed by atoms with Crippen LogP contribution in [0.4, 0.5) is 10.3 Å². The molecule has 1 fully saturated rings. The van der Waals surface area contributed by atoms with Crippen LogP contribution in [0.25, 0.3) is 22.4 Å². The highest BCUT2D eigenvalue weighted by Crippen LogP contribution is 2.22. The summed E-state index contributed by atoms with van der Waals surface area (Å²) in [6.45, 7) is 0. The number of aromatic nitrogens is 6. The van der Waals surface area contributed by atoms with Crippen LogP contribution < -0.4 is 5.32 Å². The third-order valence-electron chi connectivity index (χ3n) is 5.42. The maximum Gasteiger partial charge on any atom is 0.240 e. The van der Waals surface area contributed by atoms with Crippen LogP contribution in [0.1, 0.15) is 36.9 Å². The van der Waals surface area contributed by atoms with Crippen LogP contribution in [0.5, 0.6) is 0 Å². The topological polar surface area (TPSA) is 112 Å². The third-order valence-corrected chi connectivity index (χ3v) is 5.42. The fraction of sp³-hybridized carbons (Fsp3) is 0.261. The summed E-state index contributed by atoms with van der Waals surface area (Å²) >= 11 is 0. The number of H-pyrrole nitrogens is 1. The maximum absolute atomic E-state index is 13.7. The highest BCUT2D eigenvalue weighted by molar-refractivity contribution is 5.80. The fourth-order valence-corrected chi connectivity index (χ4v) is 3.70. The van der Waals surface area contributed by atoms with Gasteiger partial charge < -0.3 is 10.4 Å². The average molecular weight is 429 g/mol. The predicted octanol–water partition coefficient (Wildman–Crippen LogP) is 3.06. The highest BCUT2D eigenvalue weighted by Gasteiger charge is 2.20. The van der Waals surface area contributed by atoms with E-state index in [0.29, 0.717) is 39.6 Å². The van der Waals surface area contributed by atoms with Crippen molar-refractivity contribution in [2.24, 2.45) is 0 Å². The first kappa shape index (κ1) is 20.0. The van der Waals surface area contributed by atoms with E-state index in [-0.39, 0.29) is 12.1 Å².